The third-order valence-corrected chi connectivity index (χ3v) is 3.89. The number of carbonyl (C=O) groups is 1. The van der Waals surface area contributed by atoms with E-state index in [1.54, 1.807) is 0 Å². The highest BCUT2D eigenvalue weighted by molar-refractivity contribution is 7.80. The Morgan fingerprint density at radius 1 is 1.47 bits per heavy atom. The number of thiazole rings is 1. The number of benzene rings is 1. The summed E-state index contributed by atoms with van der Waals surface area (Å²) in [5, 5.41) is 12.5. The summed E-state index contributed by atoms with van der Waals surface area (Å²) in [6, 6.07) is 9.10. The van der Waals surface area contributed by atoms with E-state index < -0.39 is 12.0 Å². The Morgan fingerprint density at radius 2 is 2.16 bits per heavy atom. The van der Waals surface area contributed by atoms with E-state index in [-0.39, 0.29) is 5.75 Å². The number of rotatable bonds is 5. The van der Waals surface area contributed by atoms with Crippen molar-refractivity contribution in [3.8, 4) is 11.3 Å². The number of nitrogens with one attached hydrogen (secondary N) is 1. The molecular weight excluding hydrogens is 280 g/mol. The van der Waals surface area contributed by atoms with Crippen molar-refractivity contribution in [3.05, 3.63) is 35.2 Å². The number of hydrogen-bond acceptors (Lipinski definition) is 5. The van der Waals surface area contributed by atoms with E-state index in [1.807, 2.05) is 37.3 Å². The van der Waals surface area contributed by atoms with Gasteiger partial charge in [0.2, 0.25) is 0 Å². The maximum atomic E-state index is 11.0. The molecule has 1 unspecified atom stereocenters. The number of hydrogen-bond donors (Lipinski definition) is 3. The summed E-state index contributed by atoms with van der Waals surface area (Å²) in [6.45, 7) is 1.97. The first kappa shape index (κ1) is 13.9. The van der Waals surface area contributed by atoms with E-state index in [0.717, 1.165) is 16.1 Å². The lowest BCUT2D eigenvalue weighted by Crippen LogP contribution is -2.30. The average Bonchev–Trinajstić information content (AvgIpc) is 2.77. The minimum Gasteiger partial charge on any atom is -0.480 e. The summed E-state index contributed by atoms with van der Waals surface area (Å²) in [5.41, 5.74) is 1.92. The first-order valence-electron chi connectivity index (χ1n) is 5.75. The molecule has 0 spiro atoms. The van der Waals surface area contributed by atoms with Crippen LogP contribution >= 0.6 is 24.0 Å². The molecule has 0 aliphatic carbocycles. The van der Waals surface area contributed by atoms with E-state index in [9.17, 15) is 4.79 Å². The summed E-state index contributed by atoms with van der Waals surface area (Å²) < 4.78 is 0. The van der Waals surface area contributed by atoms with Gasteiger partial charge in [0.15, 0.2) is 5.13 Å². The average molecular weight is 294 g/mol. The fraction of sp³-hybridized carbons (Fsp3) is 0.231. The monoisotopic (exact) mass is 294 g/mol. The zero-order valence-corrected chi connectivity index (χ0v) is 12.0. The predicted molar refractivity (Wildman–Crippen MR) is 81.2 cm³/mol. The SMILES string of the molecule is Cc1sc(NC(CS)C(=O)O)nc1-c1ccccc1. The van der Waals surface area contributed by atoms with Crippen LogP contribution in [0.2, 0.25) is 0 Å². The molecule has 1 aromatic carbocycles. The molecule has 0 aliphatic heterocycles. The number of carboxylic acid groups (broad SMARTS) is 1. The molecule has 1 aromatic heterocycles. The molecule has 0 saturated carbocycles. The number of nitrogens with zero attached hydrogens (tertiary/aromatic N) is 1. The lowest BCUT2D eigenvalue weighted by atomic mass is 10.1. The van der Waals surface area contributed by atoms with Gasteiger partial charge in [-0.05, 0) is 6.92 Å². The summed E-state index contributed by atoms with van der Waals surface area (Å²) in [6.07, 6.45) is 0. The molecule has 0 aliphatic rings. The van der Waals surface area contributed by atoms with E-state index in [4.69, 9.17) is 5.11 Å². The molecule has 0 amide bonds. The maximum Gasteiger partial charge on any atom is 0.327 e. The molecule has 100 valence electrons. The van der Waals surface area contributed by atoms with Gasteiger partial charge in [-0.3, -0.25) is 0 Å². The normalized spacial score (nSPS) is 12.1. The van der Waals surface area contributed by atoms with Gasteiger partial charge < -0.3 is 10.4 Å². The van der Waals surface area contributed by atoms with Crippen molar-refractivity contribution in [2.24, 2.45) is 0 Å². The van der Waals surface area contributed by atoms with Crippen molar-refractivity contribution >= 4 is 35.1 Å². The summed E-state index contributed by atoms with van der Waals surface area (Å²) in [5.74, 6) is -0.710. The van der Waals surface area contributed by atoms with Crippen LogP contribution in [0.15, 0.2) is 30.3 Å². The quantitative estimate of drug-likeness (QED) is 0.742. The molecule has 19 heavy (non-hydrogen) atoms. The van der Waals surface area contributed by atoms with Crippen molar-refractivity contribution in [3.63, 3.8) is 0 Å². The molecule has 0 saturated heterocycles. The highest BCUT2D eigenvalue weighted by atomic mass is 32.1. The number of aliphatic carboxylic acids is 1. The van der Waals surface area contributed by atoms with Gasteiger partial charge in [-0.25, -0.2) is 9.78 Å². The first-order valence-corrected chi connectivity index (χ1v) is 7.19. The lowest BCUT2D eigenvalue weighted by Gasteiger charge is -2.09. The van der Waals surface area contributed by atoms with Gasteiger partial charge in [0, 0.05) is 16.2 Å². The van der Waals surface area contributed by atoms with Crippen LogP contribution in [0.4, 0.5) is 5.13 Å². The topological polar surface area (TPSA) is 62.2 Å². The fourth-order valence-electron chi connectivity index (χ4n) is 1.66. The Kier molecular flexibility index (Phi) is 4.44. The Bertz CT molecular complexity index is 569. The van der Waals surface area contributed by atoms with Gasteiger partial charge in [-0.2, -0.15) is 12.6 Å². The van der Waals surface area contributed by atoms with E-state index >= 15 is 0 Å². The van der Waals surface area contributed by atoms with Crippen molar-refractivity contribution in [1.82, 2.24) is 4.98 Å². The largest absolute Gasteiger partial charge is 0.480 e. The molecule has 0 radical (unpaired) electrons. The molecule has 0 fully saturated rings. The smallest absolute Gasteiger partial charge is 0.327 e. The number of anilines is 1. The summed E-state index contributed by atoms with van der Waals surface area (Å²) in [4.78, 5) is 16.5. The summed E-state index contributed by atoms with van der Waals surface area (Å²) in [7, 11) is 0. The van der Waals surface area contributed by atoms with E-state index in [1.165, 1.54) is 11.3 Å². The van der Waals surface area contributed by atoms with Gasteiger partial charge >= 0.3 is 5.97 Å². The molecular formula is C13H14N2O2S2. The second-order valence-corrected chi connectivity index (χ2v) is 5.58. The highest BCUT2D eigenvalue weighted by Gasteiger charge is 2.18. The molecule has 2 aromatic rings. The minimum atomic E-state index is -0.927. The van der Waals surface area contributed by atoms with Crippen LogP contribution in [-0.2, 0) is 4.79 Å². The van der Waals surface area contributed by atoms with Crippen molar-refractivity contribution in [2.45, 2.75) is 13.0 Å². The fourth-order valence-corrected chi connectivity index (χ4v) is 2.79. The Balaban J connectivity index is 2.24. The maximum absolute atomic E-state index is 11.0. The Morgan fingerprint density at radius 3 is 2.74 bits per heavy atom. The van der Waals surface area contributed by atoms with Crippen LogP contribution in [0.3, 0.4) is 0 Å². The molecule has 1 heterocycles. The number of aromatic nitrogens is 1. The van der Waals surface area contributed by atoms with E-state index in [0.29, 0.717) is 5.13 Å². The van der Waals surface area contributed by atoms with Crippen molar-refractivity contribution in [2.75, 3.05) is 11.1 Å². The summed E-state index contributed by atoms with van der Waals surface area (Å²) >= 11 is 5.47. The Hall–Kier alpha value is -1.53. The second-order valence-electron chi connectivity index (χ2n) is 4.01. The first-order chi connectivity index (χ1) is 9.11. The van der Waals surface area contributed by atoms with Gasteiger partial charge in [0.25, 0.3) is 0 Å². The van der Waals surface area contributed by atoms with Crippen LogP contribution in [0.25, 0.3) is 11.3 Å². The number of thiol groups is 1. The standard InChI is InChI=1S/C13H14N2O2S2/c1-8-11(9-5-3-2-4-6-9)15-13(19-8)14-10(7-18)12(16)17/h2-6,10,18H,7H2,1H3,(H,14,15)(H,16,17). The van der Waals surface area contributed by atoms with Gasteiger partial charge in [0.1, 0.15) is 6.04 Å². The highest BCUT2D eigenvalue weighted by Crippen LogP contribution is 2.30. The molecule has 1 atom stereocenters. The second kappa shape index (κ2) is 6.08. The van der Waals surface area contributed by atoms with Crippen LogP contribution in [0.5, 0.6) is 0 Å². The number of aryl methyl sites for hydroxylation is 1. The van der Waals surface area contributed by atoms with Crippen LogP contribution < -0.4 is 5.32 Å². The third-order valence-electron chi connectivity index (χ3n) is 2.62. The molecule has 2 N–H and O–H groups in total. The zero-order chi connectivity index (χ0) is 13.8. The van der Waals surface area contributed by atoms with Crippen molar-refractivity contribution in [1.29, 1.82) is 0 Å². The van der Waals surface area contributed by atoms with Gasteiger partial charge in [0.05, 0.1) is 5.69 Å². The van der Waals surface area contributed by atoms with Crippen LogP contribution in [0, 0.1) is 6.92 Å². The van der Waals surface area contributed by atoms with Gasteiger partial charge in [-0.15, -0.1) is 11.3 Å². The minimum absolute atomic E-state index is 0.217. The predicted octanol–water partition coefficient (Wildman–Crippen LogP) is 2.91. The van der Waals surface area contributed by atoms with Crippen molar-refractivity contribution < 1.29 is 9.90 Å². The molecule has 0 bridgehead atoms. The van der Waals surface area contributed by atoms with Crippen LogP contribution in [-0.4, -0.2) is 27.9 Å². The Labute approximate surface area is 120 Å². The lowest BCUT2D eigenvalue weighted by molar-refractivity contribution is -0.137. The van der Waals surface area contributed by atoms with Crippen LogP contribution in [0.1, 0.15) is 4.88 Å². The van der Waals surface area contributed by atoms with E-state index in [2.05, 4.69) is 22.9 Å². The molecule has 4 nitrogen and oxygen atoms in total. The zero-order valence-electron chi connectivity index (χ0n) is 10.3. The molecule has 2 rings (SSSR count). The third kappa shape index (κ3) is 3.27. The van der Waals surface area contributed by atoms with Gasteiger partial charge in [-0.1, -0.05) is 30.3 Å². The molecule has 6 heteroatoms. The number of carboxylic acids is 1.